The summed E-state index contributed by atoms with van der Waals surface area (Å²) < 4.78 is 0. The quantitative estimate of drug-likeness (QED) is 0.277. The molecule has 3 unspecified atom stereocenters. The van der Waals surface area contributed by atoms with Gasteiger partial charge < -0.3 is 20.4 Å². The predicted molar refractivity (Wildman–Crippen MR) is 111 cm³/mol. The molecule has 0 saturated carbocycles. The summed E-state index contributed by atoms with van der Waals surface area (Å²) in [5, 5.41) is 36.3. The van der Waals surface area contributed by atoms with E-state index in [1.54, 1.807) is 0 Å². The van der Waals surface area contributed by atoms with Crippen LogP contribution >= 0.6 is 72.3 Å². The zero-order valence-corrected chi connectivity index (χ0v) is 20.9. The summed E-state index contributed by atoms with van der Waals surface area (Å²) in [6, 6.07) is 0. The van der Waals surface area contributed by atoms with Crippen LogP contribution in [0.3, 0.4) is 0 Å². The van der Waals surface area contributed by atoms with E-state index in [4.69, 9.17) is 10.2 Å². The van der Waals surface area contributed by atoms with Gasteiger partial charge in [0.2, 0.25) is 0 Å². The van der Waals surface area contributed by atoms with Crippen LogP contribution in [0.25, 0.3) is 0 Å². The minimum atomic E-state index is -0.796. The Morgan fingerprint density at radius 1 is 0.952 bits per heavy atom. The van der Waals surface area contributed by atoms with Crippen molar-refractivity contribution in [1.82, 2.24) is 4.90 Å². The van der Waals surface area contributed by atoms with Crippen molar-refractivity contribution in [3.8, 4) is 0 Å². The third-order valence-corrected chi connectivity index (χ3v) is 2.63. The van der Waals surface area contributed by atoms with Crippen molar-refractivity contribution in [2.75, 3.05) is 32.8 Å². The number of aliphatic hydroxyl groups excluding tert-OH is 4. The molecule has 0 aliphatic heterocycles. The molecule has 0 aliphatic carbocycles. The Morgan fingerprint density at radius 3 is 1.52 bits per heavy atom. The first-order valence-electron chi connectivity index (χ1n) is 6.34. The average Bonchev–Trinajstić information content (AvgIpc) is 2.37. The van der Waals surface area contributed by atoms with E-state index in [-0.39, 0.29) is 30.5 Å². The third kappa shape index (κ3) is 22.9. The summed E-state index contributed by atoms with van der Waals surface area (Å²) >= 11 is 7.39. The van der Waals surface area contributed by atoms with Crippen LogP contribution in [-0.4, -0.2) is 70.4 Å². The summed E-state index contributed by atoms with van der Waals surface area (Å²) in [7, 11) is 0. The first-order valence-corrected chi connectivity index (χ1v) is 19.9. The molecule has 0 aromatic carbocycles. The van der Waals surface area contributed by atoms with Gasteiger partial charge in [0, 0.05) is 19.6 Å². The Balaban J connectivity index is -0.000000572. The fourth-order valence-electron chi connectivity index (χ4n) is 1.51. The molecule has 0 radical (unpaired) electrons. The molecule has 5 nitrogen and oxygen atoms in total. The Morgan fingerprint density at radius 2 is 1.29 bits per heavy atom. The first kappa shape index (κ1) is 28.7. The number of hydrogen-bond acceptors (Lipinski definition) is 5. The van der Waals surface area contributed by atoms with Crippen molar-refractivity contribution < 1.29 is 25.3 Å². The van der Waals surface area contributed by atoms with Crippen LogP contribution in [0.4, 0.5) is 0 Å². The Bertz CT molecular complexity index is 193. The van der Waals surface area contributed by atoms with E-state index < -0.39 is 12.2 Å². The SMILES string of the molecule is CCC(C)CN(CC(O)CO)CC(O)CO.Cl.[I][V]([I])[I]. The van der Waals surface area contributed by atoms with E-state index in [1.165, 1.54) is 0 Å². The molecule has 10 heteroatoms. The molecule has 132 valence electrons. The minimum absolute atomic E-state index is 0. The van der Waals surface area contributed by atoms with Gasteiger partial charge in [-0.15, -0.1) is 12.4 Å². The van der Waals surface area contributed by atoms with E-state index in [2.05, 4.69) is 73.8 Å². The van der Waals surface area contributed by atoms with Gasteiger partial charge in [0.25, 0.3) is 0 Å². The van der Waals surface area contributed by atoms with Crippen molar-refractivity contribution >= 4 is 72.3 Å². The van der Waals surface area contributed by atoms with Gasteiger partial charge in [0.1, 0.15) is 0 Å². The molecule has 0 heterocycles. The molecule has 21 heavy (non-hydrogen) atoms. The Kier molecular flexibility index (Phi) is 26.2. The fraction of sp³-hybridized carbons (Fsp3) is 1.00. The van der Waals surface area contributed by atoms with Gasteiger partial charge in [0.15, 0.2) is 0 Å². The third-order valence-electron chi connectivity index (χ3n) is 2.63. The summed E-state index contributed by atoms with van der Waals surface area (Å²) in [5.41, 5.74) is 0. The van der Waals surface area contributed by atoms with Crippen molar-refractivity contribution in [3.63, 3.8) is 0 Å². The molecular weight excluding hydrogens is 677 g/mol. The van der Waals surface area contributed by atoms with Crippen LogP contribution in [0.15, 0.2) is 0 Å². The maximum atomic E-state index is 9.36. The van der Waals surface area contributed by atoms with Crippen LogP contribution in [0, 0.1) is 5.92 Å². The topological polar surface area (TPSA) is 84.2 Å². The molecule has 4 N–H and O–H groups in total. The predicted octanol–water partition coefficient (Wildman–Crippen LogP) is 2.12. The molecule has 0 rings (SSSR count). The van der Waals surface area contributed by atoms with Gasteiger partial charge in [-0.05, 0) is 5.92 Å². The summed E-state index contributed by atoms with van der Waals surface area (Å²) in [5.74, 6) is 0.455. The number of rotatable bonds is 9. The van der Waals surface area contributed by atoms with Crippen molar-refractivity contribution in [3.05, 3.63) is 0 Å². The Hall–Kier alpha value is 2.86. The summed E-state index contributed by atoms with van der Waals surface area (Å²) in [6.45, 7) is 4.97. The van der Waals surface area contributed by atoms with Crippen LogP contribution in [0.5, 0.6) is 0 Å². The van der Waals surface area contributed by atoms with Gasteiger partial charge in [0.05, 0.1) is 25.4 Å². The van der Waals surface area contributed by atoms with Crippen LogP contribution in [0.1, 0.15) is 20.3 Å². The molecule has 0 fully saturated rings. The van der Waals surface area contributed by atoms with E-state index in [9.17, 15) is 10.2 Å². The normalized spacial score (nSPS) is 15.0. The van der Waals surface area contributed by atoms with Crippen LogP contribution in [-0.2, 0) is 4.92 Å². The van der Waals surface area contributed by atoms with Crippen LogP contribution in [0.2, 0.25) is 0 Å². The van der Waals surface area contributed by atoms with Gasteiger partial charge in [-0.2, -0.15) is 0 Å². The van der Waals surface area contributed by atoms with Crippen molar-refractivity contribution in [2.24, 2.45) is 5.92 Å². The van der Waals surface area contributed by atoms with E-state index >= 15 is 0 Å². The summed E-state index contributed by atoms with van der Waals surface area (Å²) in [4.78, 5) is 1.59. The number of nitrogens with zero attached hydrogens (tertiary/aromatic N) is 1. The van der Waals surface area contributed by atoms with E-state index in [0.717, 1.165) is 13.0 Å². The van der Waals surface area contributed by atoms with Gasteiger partial charge in [-0.3, -0.25) is 4.90 Å². The second-order valence-corrected chi connectivity index (χ2v) is 40.0. The van der Waals surface area contributed by atoms with Gasteiger partial charge in [-0.25, -0.2) is 0 Å². The standard InChI is InChI=1S/C11H25NO4.ClH.3HI.V/c1-3-9(2)4-12(5-10(15)7-13)6-11(16)8-14;;;;;/h9-11,13-16H,3-8H2,1-2H3;4*1H;/q;;;;;+3/p-3. The molecule has 0 aliphatic rings. The van der Waals surface area contributed by atoms with E-state index in [1.807, 2.05) is 4.90 Å². The zero-order chi connectivity index (χ0) is 16.1. The van der Waals surface area contributed by atoms with E-state index in [0.29, 0.717) is 19.0 Å². The Labute approximate surface area is 171 Å². The zero-order valence-electron chi connectivity index (χ0n) is 12.2. The summed E-state index contributed by atoms with van der Waals surface area (Å²) in [6.07, 6.45) is -0.578. The monoisotopic (exact) mass is 703 g/mol. The molecular formula is C11H26ClI3NO4V. The maximum absolute atomic E-state index is 9.36. The molecule has 0 amide bonds. The van der Waals surface area contributed by atoms with Crippen molar-refractivity contribution in [2.45, 2.75) is 32.5 Å². The second kappa shape index (κ2) is 19.2. The van der Waals surface area contributed by atoms with Gasteiger partial charge in [-0.1, -0.05) is 20.3 Å². The van der Waals surface area contributed by atoms with Crippen LogP contribution < -0.4 is 0 Å². The second-order valence-electron chi connectivity index (χ2n) is 4.60. The first-order chi connectivity index (χ1) is 9.26. The van der Waals surface area contributed by atoms with Crippen molar-refractivity contribution in [1.29, 1.82) is 0 Å². The average molecular weight is 703 g/mol. The number of halogens is 4. The number of aliphatic hydroxyl groups is 4. The molecule has 0 spiro atoms. The molecule has 0 aromatic rings. The molecule has 0 bridgehead atoms. The number of hydrogen-bond donors (Lipinski definition) is 4. The van der Waals surface area contributed by atoms with Gasteiger partial charge >= 0.3 is 64.9 Å². The molecule has 0 saturated heterocycles. The molecule has 3 atom stereocenters. The fourth-order valence-corrected chi connectivity index (χ4v) is 1.51. The molecule has 0 aromatic heterocycles.